The molecule has 15 heteroatoms. The van der Waals surface area contributed by atoms with Gasteiger partial charge in [-0.25, -0.2) is 0 Å². The fraction of sp³-hybridized carbons (Fsp3) is 0.789. The van der Waals surface area contributed by atoms with Crippen LogP contribution in [-0.4, -0.2) is 91.2 Å². The molecular formula is C57H124BIKO12+. The Morgan fingerprint density at radius 2 is 0.764 bits per heavy atom. The Bertz CT molecular complexity index is 1320. The van der Waals surface area contributed by atoms with Gasteiger partial charge in [-0.1, -0.05) is 87.3 Å². The zero-order valence-corrected chi connectivity index (χ0v) is 57.6. The van der Waals surface area contributed by atoms with Crippen molar-refractivity contribution >= 4 is 52.0 Å². The Labute approximate surface area is 513 Å². The zero-order valence-electron chi connectivity index (χ0n) is 60.3. The van der Waals surface area contributed by atoms with Crippen molar-refractivity contribution in [2.24, 2.45) is 35.5 Å². The van der Waals surface area contributed by atoms with E-state index in [0.717, 1.165) is 43.3 Å². The van der Waals surface area contributed by atoms with E-state index >= 15 is 0 Å². The van der Waals surface area contributed by atoms with Crippen LogP contribution in [0.5, 0.6) is 0 Å². The minimum absolute atomic E-state index is 0. The van der Waals surface area contributed by atoms with E-state index in [1.54, 1.807) is 67.5 Å². The minimum atomic E-state index is -0.828. The number of aliphatic hydroxyl groups is 3. The number of carbonyl (C=O) groups is 8. The van der Waals surface area contributed by atoms with Gasteiger partial charge in [-0.15, -0.1) is 0 Å². The van der Waals surface area contributed by atoms with Crippen LogP contribution in [0.3, 0.4) is 0 Å². The van der Waals surface area contributed by atoms with Crippen LogP contribution in [0.4, 0.5) is 0 Å². The zero-order chi connectivity index (χ0) is 60.0. The third-order valence-electron chi connectivity index (χ3n) is 5.96. The molecule has 0 bridgehead atoms. The van der Waals surface area contributed by atoms with Crippen molar-refractivity contribution in [3.8, 4) is 0 Å². The smallest absolute Gasteiger partial charge is 1.00 e. The molecule has 0 heterocycles. The first kappa shape index (κ1) is 100. The van der Waals surface area contributed by atoms with Gasteiger partial charge < -0.3 is 44.3 Å². The van der Waals surface area contributed by atoms with Crippen LogP contribution in [0.1, 0.15) is 256 Å². The molecule has 434 valence electrons. The molecule has 0 aliphatic carbocycles. The molecule has 0 amide bonds. The van der Waals surface area contributed by atoms with Crippen molar-refractivity contribution in [1.29, 1.82) is 0.594 Å². The molecule has 72 heavy (non-hydrogen) atoms. The maximum atomic E-state index is 11.1. The molecule has 0 aromatic carbocycles. The summed E-state index contributed by atoms with van der Waals surface area (Å²) in [5.41, 5.74) is 5.92. The van der Waals surface area contributed by atoms with E-state index in [2.05, 4.69) is 68.0 Å². The van der Waals surface area contributed by atoms with Crippen LogP contribution in [0.2, 0.25) is 0 Å². The van der Waals surface area contributed by atoms with Gasteiger partial charge in [0, 0.05) is 38.2 Å². The van der Waals surface area contributed by atoms with Crippen LogP contribution < -0.4 is 73.6 Å². The van der Waals surface area contributed by atoms with Crippen LogP contribution in [0.15, 0.2) is 23.3 Å². The number of halogens is 1. The van der Waals surface area contributed by atoms with Crippen molar-refractivity contribution in [2.45, 2.75) is 264 Å². The average molecular weight is 1180 g/mol. The number of hydrogen-bond donors (Lipinski definition) is 3. The van der Waals surface area contributed by atoms with Crippen LogP contribution in [0.25, 0.3) is 0 Å². The summed E-state index contributed by atoms with van der Waals surface area (Å²) < 4.78 is 6.10. The number of carbonyl (C=O) groups excluding carboxylic acids is 8. The summed E-state index contributed by atoms with van der Waals surface area (Å²) in [7, 11) is 0. The first-order chi connectivity index (χ1) is 31.6. The van der Waals surface area contributed by atoms with Crippen LogP contribution in [0, 0.1) is 35.5 Å². The summed E-state index contributed by atoms with van der Waals surface area (Å²) in [6.07, 6.45) is 8.22. The summed E-state index contributed by atoms with van der Waals surface area (Å²) in [6, 6.07) is 0. The molecular weight excluding hydrogens is 1050 g/mol. The van der Waals surface area contributed by atoms with Gasteiger partial charge in [0.15, 0.2) is 11.6 Å². The number of ketones is 8. The fourth-order valence-corrected chi connectivity index (χ4v) is 5.05. The van der Waals surface area contributed by atoms with E-state index in [0.29, 0.717) is 47.1 Å². The summed E-state index contributed by atoms with van der Waals surface area (Å²) >= 11 is -0.660. The summed E-state index contributed by atoms with van der Waals surface area (Å²) in [5.74, 6) is 5.09. The number of Topliss-reactive ketones (excluding diaryl/α,β-unsaturated/α-hetero) is 6. The Hall–Kier alpha value is -0.889. The molecule has 2 radical (unpaired) electrons. The second-order valence-electron chi connectivity index (χ2n) is 21.4. The standard InChI is InChI=1S/2C9H18O.C6H12O2.C6H14O.C6H12O.2C6H10O.C3H8O.2C3H6O.BHI.K.H2O.3H/c1-7(2)5-8(3)6-9(4)10;1-7(2)5-9(10)6-8(3)4;1-5(7)4-6(2,3)8;4*1-5(2)4-6(3)7;3*1-3(2)4;1-2;;;;;/h2*7-8H,5-6H2,1-4H3;8H,4H2,1-3H3;5-7H,4H2,1-3H3;5H,4H2,1-3H3;2*4H,1-3H3;3-4H,1-2H3;2*1-2H3;2H;;1H2;;;/q;;;;;;;;;;-1;+1;;3*-1/p+4/i;;;;;;;;;;2D;;;;;. The Morgan fingerprint density at radius 1 is 0.528 bits per heavy atom. The van der Waals surface area contributed by atoms with Gasteiger partial charge in [-0.3, -0.25) is 19.2 Å². The maximum absolute atomic E-state index is 11.1. The van der Waals surface area contributed by atoms with E-state index in [-0.39, 0.29) is 120 Å². The topological polar surface area (TPSA) is 229 Å². The predicted octanol–water partition coefficient (Wildman–Crippen LogP) is 7.05. The van der Waals surface area contributed by atoms with E-state index in [1.807, 2.05) is 48.5 Å². The normalized spacial score (nSPS) is 10.2. The molecule has 0 aromatic heterocycles. The predicted molar refractivity (Wildman–Crippen MR) is 310 cm³/mol. The average Bonchev–Trinajstić information content (AvgIpc) is 3.01. The van der Waals surface area contributed by atoms with E-state index in [1.165, 1.54) is 41.0 Å². The molecule has 0 aliphatic rings. The molecule has 5 N–H and O–H groups in total. The largest absolute Gasteiger partial charge is 1.00 e. The first-order valence-corrected chi connectivity index (χ1v) is 26.0. The molecule has 0 aliphatic heterocycles. The van der Waals surface area contributed by atoms with Crippen LogP contribution >= 0.6 is 0 Å². The summed E-state index contributed by atoms with van der Waals surface area (Å²) in [6.45, 7) is 53.2. The molecule has 0 spiro atoms. The van der Waals surface area contributed by atoms with Gasteiger partial charge >= 0.3 is 85.6 Å². The quantitative estimate of drug-likeness (QED) is 0.0806. The van der Waals surface area contributed by atoms with Gasteiger partial charge in [0.2, 0.25) is 0 Å². The Balaban J connectivity index is -0.0000000276. The first-order valence-electron chi connectivity index (χ1n) is 25.1. The second kappa shape index (κ2) is 72.2. The van der Waals surface area contributed by atoms with Gasteiger partial charge in [-0.05, 0) is 185 Å². The van der Waals surface area contributed by atoms with Crippen molar-refractivity contribution in [2.75, 3.05) is 0 Å². The molecule has 0 rings (SSSR count). The van der Waals surface area contributed by atoms with Crippen molar-refractivity contribution in [3.63, 3.8) is 0 Å². The number of rotatable bonds is 16. The van der Waals surface area contributed by atoms with Gasteiger partial charge in [0.1, 0.15) is 34.7 Å². The third-order valence-corrected chi connectivity index (χ3v) is 5.96. The molecule has 12 nitrogen and oxygen atoms in total. The van der Waals surface area contributed by atoms with E-state index in [4.69, 9.17) is 15.9 Å². The van der Waals surface area contributed by atoms with Gasteiger partial charge in [0.25, 0.3) is 0 Å². The molecule has 0 aromatic rings. The monoisotopic (exact) mass is 1180 g/mol. The van der Waals surface area contributed by atoms with Crippen LogP contribution in [-0.2, 0) is 38.4 Å². The molecule has 0 saturated heterocycles. The van der Waals surface area contributed by atoms with Crippen molar-refractivity contribution in [3.05, 3.63) is 23.3 Å². The number of allylic oxidation sites excluding steroid dienone is 4. The minimum Gasteiger partial charge on any atom is -1.00 e. The maximum Gasteiger partial charge on any atom is 1.00 e. The second-order valence-corrected chi connectivity index (χ2v) is 21.4. The summed E-state index contributed by atoms with van der Waals surface area (Å²) in [4.78, 5) is 81.5. The number of aliphatic hydroxyl groups excluding tert-OH is 2. The Kier molecular flexibility index (Phi) is 100. The molecule has 2 atom stereocenters. The molecule has 2 unspecified atom stereocenters. The third kappa shape index (κ3) is 246. The van der Waals surface area contributed by atoms with E-state index in [9.17, 15) is 38.4 Å². The number of hydrogen-bond acceptors (Lipinski definition) is 11. The van der Waals surface area contributed by atoms with Gasteiger partial charge in [-0.2, -0.15) is 0 Å². The van der Waals surface area contributed by atoms with Gasteiger partial charge in [0.05, 0.1) is 11.7 Å². The molecule has 0 saturated carbocycles. The van der Waals surface area contributed by atoms with E-state index < -0.39 is 27.8 Å². The SMILES string of the molecule is CC(=O)C=C(C)C.CC(=O)C=C(C)C.CC(=O)CC(C)(C)O.CC(=O)CC(C)C.CC(=O)CC(C)CC(C)C.CC(C)=O.CC(C)=O.CC(C)CC(=O)CC(C)C.CC(C)CC(C)O.CC(C)O.O.[2H][I-][B].[H+].[H+].[H+].[H+].[H-].[H-].[H-].[K+]. The summed E-state index contributed by atoms with van der Waals surface area (Å²) in [5, 5.41) is 25.7. The molecule has 0 fully saturated rings. The van der Waals surface area contributed by atoms with Crippen molar-refractivity contribution in [1.82, 2.24) is 0 Å². The van der Waals surface area contributed by atoms with Crippen molar-refractivity contribution < 1.29 is 143 Å². The fourth-order valence-electron chi connectivity index (χ4n) is 5.05. The Morgan fingerprint density at radius 3 is 0.833 bits per heavy atom.